The molecule has 0 fully saturated rings. The molecule has 13 heavy (non-hydrogen) atoms. The molecule has 0 saturated heterocycles. The van der Waals surface area contributed by atoms with Crippen molar-refractivity contribution in [3.05, 3.63) is 38.5 Å². The van der Waals surface area contributed by atoms with E-state index in [4.69, 9.17) is 0 Å². The molecular formula is C9H9NOS2. The second-order valence-corrected chi connectivity index (χ2v) is 4.75. The van der Waals surface area contributed by atoms with E-state index in [0.29, 0.717) is 0 Å². The van der Waals surface area contributed by atoms with Gasteiger partial charge in [-0.2, -0.15) is 0 Å². The van der Waals surface area contributed by atoms with Crippen LogP contribution in [0.15, 0.2) is 22.9 Å². The highest BCUT2D eigenvalue weighted by Crippen LogP contribution is 2.26. The minimum Gasteiger partial charge on any atom is -0.381 e. The molecule has 2 aromatic rings. The minimum atomic E-state index is -0.551. The van der Waals surface area contributed by atoms with Crippen LogP contribution in [0, 0.1) is 6.92 Å². The Balaban J connectivity index is 2.28. The molecule has 0 saturated carbocycles. The first-order chi connectivity index (χ1) is 6.27. The Morgan fingerprint density at radius 3 is 2.85 bits per heavy atom. The molecule has 0 spiro atoms. The molecule has 0 bridgehead atoms. The Labute approximate surface area is 84.5 Å². The molecule has 0 aromatic carbocycles. The number of rotatable bonds is 2. The molecule has 68 valence electrons. The number of thiophene rings is 1. The molecule has 2 nitrogen and oxygen atoms in total. The average Bonchev–Trinajstić information content (AvgIpc) is 2.72. The molecule has 1 N–H and O–H groups in total. The minimum absolute atomic E-state index is 0.551. The summed E-state index contributed by atoms with van der Waals surface area (Å²) >= 11 is 3.11. The summed E-state index contributed by atoms with van der Waals surface area (Å²) in [6.45, 7) is 1.94. The van der Waals surface area contributed by atoms with Gasteiger partial charge in [0.05, 0.1) is 10.7 Å². The summed E-state index contributed by atoms with van der Waals surface area (Å²) in [5, 5.41) is 14.7. The van der Waals surface area contributed by atoms with Gasteiger partial charge in [0.25, 0.3) is 0 Å². The van der Waals surface area contributed by atoms with E-state index in [-0.39, 0.29) is 0 Å². The summed E-state index contributed by atoms with van der Waals surface area (Å²) in [6, 6.07) is 3.85. The molecule has 0 aliphatic heterocycles. The van der Waals surface area contributed by atoms with Gasteiger partial charge >= 0.3 is 0 Å². The molecular weight excluding hydrogens is 202 g/mol. The number of nitrogens with zero attached hydrogens (tertiary/aromatic N) is 1. The van der Waals surface area contributed by atoms with Crippen molar-refractivity contribution in [2.24, 2.45) is 0 Å². The molecule has 0 amide bonds. The quantitative estimate of drug-likeness (QED) is 0.828. The summed E-state index contributed by atoms with van der Waals surface area (Å²) in [4.78, 5) is 5.19. The van der Waals surface area contributed by atoms with E-state index in [1.54, 1.807) is 22.7 Å². The number of aliphatic hydroxyl groups excluding tert-OH is 1. The van der Waals surface area contributed by atoms with Crippen LogP contribution >= 0.6 is 22.7 Å². The van der Waals surface area contributed by atoms with Crippen LogP contribution in [0.25, 0.3) is 0 Å². The molecule has 0 aliphatic rings. The van der Waals surface area contributed by atoms with E-state index in [9.17, 15) is 5.11 Å². The molecule has 0 aliphatic carbocycles. The fourth-order valence-corrected chi connectivity index (χ4v) is 2.45. The zero-order valence-corrected chi connectivity index (χ0v) is 8.73. The Kier molecular flexibility index (Phi) is 2.44. The van der Waals surface area contributed by atoms with Crippen molar-refractivity contribution in [1.82, 2.24) is 4.98 Å². The van der Waals surface area contributed by atoms with E-state index in [1.165, 1.54) is 0 Å². The predicted molar refractivity (Wildman–Crippen MR) is 55.2 cm³/mol. The van der Waals surface area contributed by atoms with Gasteiger partial charge in [0.15, 0.2) is 0 Å². The lowest BCUT2D eigenvalue weighted by molar-refractivity contribution is 0.220. The van der Waals surface area contributed by atoms with Gasteiger partial charge in [-0.3, -0.25) is 0 Å². The summed E-state index contributed by atoms with van der Waals surface area (Å²) in [5.74, 6) is 0. The summed E-state index contributed by atoms with van der Waals surface area (Å²) < 4.78 is 0. The number of aryl methyl sites for hydroxylation is 1. The smallest absolute Gasteiger partial charge is 0.131 e. The van der Waals surface area contributed by atoms with Crippen molar-refractivity contribution in [3.63, 3.8) is 0 Å². The molecule has 2 rings (SSSR count). The third-order valence-electron chi connectivity index (χ3n) is 1.73. The Morgan fingerprint density at radius 2 is 2.31 bits per heavy atom. The first-order valence-electron chi connectivity index (χ1n) is 3.91. The third kappa shape index (κ3) is 1.80. The Hall–Kier alpha value is -0.710. The highest BCUT2D eigenvalue weighted by atomic mass is 32.1. The van der Waals surface area contributed by atoms with Crippen LogP contribution in [0.3, 0.4) is 0 Å². The van der Waals surface area contributed by atoms with Crippen molar-refractivity contribution in [1.29, 1.82) is 0 Å². The molecule has 1 unspecified atom stereocenters. The van der Waals surface area contributed by atoms with Crippen LogP contribution in [0.1, 0.15) is 21.7 Å². The van der Waals surface area contributed by atoms with Gasteiger partial charge in [0.2, 0.25) is 0 Å². The van der Waals surface area contributed by atoms with Crippen molar-refractivity contribution in [2.75, 3.05) is 0 Å². The second-order valence-electron chi connectivity index (χ2n) is 2.71. The van der Waals surface area contributed by atoms with Gasteiger partial charge in [0.1, 0.15) is 6.10 Å². The molecule has 4 heteroatoms. The van der Waals surface area contributed by atoms with Gasteiger partial charge in [-0.05, 0) is 18.4 Å². The van der Waals surface area contributed by atoms with Crippen LogP contribution in [0.2, 0.25) is 0 Å². The van der Waals surface area contributed by atoms with E-state index >= 15 is 0 Å². The number of aromatic nitrogens is 1. The lowest BCUT2D eigenvalue weighted by Crippen LogP contribution is -1.96. The van der Waals surface area contributed by atoms with Gasteiger partial charge in [0, 0.05) is 10.3 Å². The number of hydrogen-bond donors (Lipinski definition) is 1. The van der Waals surface area contributed by atoms with Crippen LogP contribution in [-0.2, 0) is 0 Å². The highest BCUT2D eigenvalue weighted by Gasteiger charge is 2.13. The average molecular weight is 211 g/mol. The van der Waals surface area contributed by atoms with Crippen LogP contribution in [-0.4, -0.2) is 10.1 Å². The largest absolute Gasteiger partial charge is 0.381 e. The van der Waals surface area contributed by atoms with Crippen molar-refractivity contribution in [3.8, 4) is 0 Å². The lowest BCUT2D eigenvalue weighted by atomic mass is 10.2. The second kappa shape index (κ2) is 3.57. The Morgan fingerprint density at radius 1 is 1.46 bits per heavy atom. The first kappa shape index (κ1) is 8.87. The molecule has 0 radical (unpaired) electrons. The third-order valence-corrected chi connectivity index (χ3v) is 3.45. The van der Waals surface area contributed by atoms with Crippen LogP contribution < -0.4 is 0 Å². The van der Waals surface area contributed by atoms with Crippen LogP contribution in [0.4, 0.5) is 0 Å². The van der Waals surface area contributed by atoms with Gasteiger partial charge in [-0.1, -0.05) is 6.07 Å². The van der Waals surface area contributed by atoms with Crippen molar-refractivity contribution >= 4 is 22.7 Å². The maximum absolute atomic E-state index is 9.85. The van der Waals surface area contributed by atoms with E-state index in [1.807, 2.05) is 29.8 Å². The fourth-order valence-electron chi connectivity index (χ4n) is 1.10. The maximum atomic E-state index is 9.85. The van der Waals surface area contributed by atoms with E-state index in [0.717, 1.165) is 15.6 Å². The topological polar surface area (TPSA) is 33.1 Å². The number of aliphatic hydroxyl groups is 1. The molecule has 2 heterocycles. The predicted octanol–water partition coefficient (Wildman–Crippen LogP) is 2.59. The highest BCUT2D eigenvalue weighted by molar-refractivity contribution is 7.10. The van der Waals surface area contributed by atoms with E-state index in [2.05, 4.69) is 4.98 Å². The normalized spacial score (nSPS) is 13.1. The standard InChI is InChI=1S/C9H9NOS2/c1-6-10-7(5-13-6)9(11)8-3-2-4-12-8/h2-5,9,11H,1H3. The lowest BCUT2D eigenvalue weighted by Gasteiger charge is -2.03. The SMILES string of the molecule is Cc1nc(C(O)c2cccs2)cs1. The van der Waals surface area contributed by atoms with Crippen molar-refractivity contribution < 1.29 is 5.11 Å². The summed E-state index contributed by atoms with van der Waals surface area (Å²) in [5.41, 5.74) is 0.755. The molecule has 1 atom stereocenters. The zero-order valence-electron chi connectivity index (χ0n) is 7.10. The maximum Gasteiger partial charge on any atom is 0.131 e. The van der Waals surface area contributed by atoms with Gasteiger partial charge in [-0.15, -0.1) is 22.7 Å². The van der Waals surface area contributed by atoms with Gasteiger partial charge in [-0.25, -0.2) is 4.98 Å². The van der Waals surface area contributed by atoms with Crippen molar-refractivity contribution in [2.45, 2.75) is 13.0 Å². The van der Waals surface area contributed by atoms with E-state index < -0.39 is 6.10 Å². The van der Waals surface area contributed by atoms with Gasteiger partial charge < -0.3 is 5.11 Å². The molecule has 2 aromatic heterocycles. The summed E-state index contributed by atoms with van der Waals surface area (Å²) in [7, 11) is 0. The monoisotopic (exact) mass is 211 g/mol. The first-order valence-corrected chi connectivity index (χ1v) is 5.67. The Bertz CT molecular complexity index is 380. The van der Waals surface area contributed by atoms with Crippen LogP contribution in [0.5, 0.6) is 0 Å². The summed E-state index contributed by atoms with van der Waals surface area (Å²) in [6.07, 6.45) is -0.551. The fraction of sp³-hybridized carbons (Fsp3) is 0.222. The number of thiazole rings is 1. The number of hydrogen-bond acceptors (Lipinski definition) is 4. The zero-order chi connectivity index (χ0) is 9.26.